The van der Waals surface area contributed by atoms with Crippen LogP contribution in [0.15, 0.2) is 84.9 Å². The fourth-order valence-corrected chi connectivity index (χ4v) is 8.21. The van der Waals surface area contributed by atoms with Gasteiger partial charge in [-0.3, -0.25) is 19.2 Å². The third kappa shape index (κ3) is 4.03. The van der Waals surface area contributed by atoms with Gasteiger partial charge < -0.3 is 9.64 Å². The van der Waals surface area contributed by atoms with Crippen LogP contribution in [0, 0.1) is 31.6 Å². The van der Waals surface area contributed by atoms with Crippen molar-refractivity contribution in [2.75, 3.05) is 16.3 Å². The summed E-state index contributed by atoms with van der Waals surface area (Å²) in [4.78, 5) is 57.2. The van der Waals surface area contributed by atoms with Gasteiger partial charge in [-0.1, -0.05) is 66.2 Å². The summed E-state index contributed by atoms with van der Waals surface area (Å²) in [5, 5.41) is 0.554. The maximum absolute atomic E-state index is 14.1. The number of carbonyl (C=O) groups excluding carboxylic acids is 4. The van der Waals surface area contributed by atoms with Crippen molar-refractivity contribution in [1.82, 2.24) is 0 Å². The summed E-state index contributed by atoms with van der Waals surface area (Å²) in [6.07, 6.45) is 0.0362. The van der Waals surface area contributed by atoms with Gasteiger partial charge in [0, 0.05) is 35.5 Å². The highest BCUT2D eigenvalue weighted by Crippen LogP contribution is 2.61. The number of nitrogens with zero attached hydrogens (tertiary/aromatic N) is 2. The summed E-state index contributed by atoms with van der Waals surface area (Å²) in [6, 6.07) is 26.6. The third-order valence-electron chi connectivity index (χ3n) is 10.1. The Morgan fingerprint density at radius 2 is 1.33 bits per heavy atom. The topological polar surface area (TPSA) is 84.0 Å². The molecule has 3 amide bonds. The van der Waals surface area contributed by atoms with E-state index in [4.69, 9.17) is 16.3 Å². The van der Waals surface area contributed by atoms with Crippen molar-refractivity contribution in [2.24, 2.45) is 17.8 Å². The molecule has 4 aromatic carbocycles. The van der Waals surface area contributed by atoms with Crippen LogP contribution in [0.25, 0.3) is 0 Å². The van der Waals surface area contributed by atoms with E-state index in [2.05, 4.69) is 24.3 Å². The molecule has 0 unspecified atom stereocenters. The molecule has 0 aromatic heterocycles. The molecule has 0 N–H and O–H groups in total. The summed E-state index contributed by atoms with van der Waals surface area (Å²) in [5.41, 5.74) is 7.09. The number of ether oxygens (including phenoxy) is 1. The molecule has 2 fully saturated rings. The minimum absolute atomic E-state index is 0.0362. The van der Waals surface area contributed by atoms with Crippen molar-refractivity contribution < 1.29 is 23.9 Å². The minimum Gasteiger partial charge on any atom is -0.426 e. The second kappa shape index (κ2) is 10.1. The molecule has 5 aliphatic rings. The molecule has 2 saturated heterocycles. The molecule has 224 valence electrons. The van der Waals surface area contributed by atoms with Gasteiger partial charge in [-0.15, -0.1) is 0 Å². The first-order valence-corrected chi connectivity index (χ1v) is 15.6. The first-order valence-electron chi connectivity index (χ1n) is 15.2. The normalized spacial score (nSPS) is 24.5. The zero-order valence-corrected chi connectivity index (χ0v) is 25.5. The highest BCUT2D eigenvalue weighted by Gasteiger charge is 2.61. The Hall–Kier alpha value is -4.75. The lowest BCUT2D eigenvalue weighted by Gasteiger charge is -2.45. The largest absolute Gasteiger partial charge is 0.426 e. The molecule has 3 aliphatic carbocycles. The zero-order valence-electron chi connectivity index (χ0n) is 24.7. The van der Waals surface area contributed by atoms with Gasteiger partial charge in [0.15, 0.2) is 0 Å². The highest BCUT2D eigenvalue weighted by molar-refractivity contribution is 6.31. The van der Waals surface area contributed by atoms with Crippen LogP contribution in [0.2, 0.25) is 5.02 Å². The molecule has 8 heteroatoms. The first kappa shape index (κ1) is 27.8. The summed E-state index contributed by atoms with van der Waals surface area (Å²) < 4.78 is 5.73. The van der Waals surface area contributed by atoms with E-state index in [0.29, 0.717) is 27.7 Å². The maximum Gasteiger partial charge on any atom is 0.316 e. The fraction of sp³-hybridized carbons (Fsp3) is 0.243. The van der Waals surface area contributed by atoms with Crippen LogP contribution in [0.5, 0.6) is 5.75 Å². The lowest BCUT2D eigenvalue weighted by molar-refractivity contribution is -0.139. The predicted octanol–water partition coefficient (Wildman–Crippen LogP) is 6.31. The van der Waals surface area contributed by atoms with Gasteiger partial charge in [-0.25, -0.2) is 4.90 Å². The van der Waals surface area contributed by atoms with Crippen LogP contribution in [0.4, 0.5) is 11.4 Å². The molecule has 3 atom stereocenters. The quantitative estimate of drug-likeness (QED) is 0.152. The lowest BCUT2D eigenvalue weighted by Crippen LogP contribution is -2.41. The monoisotopic (exact) mass is 616 g/mol. The second-order valence-corrected chi connectivity index (χ2v) is 12.8. The number of anilines is 2. The smallest absolute Gasteiger partial charge is 0.316 e. The Morgan fingerprint density at radius 1 is 0.756 bits per heavy atom. The van der Waals surface area contributed by atoms with Crippen molar-refractivity contribution in [1.29, 1.82) is 0 Å². The van der Waals surface area contributed by atoms with Crippen molar-refractivity contribution in [3.8, 4) is 5.75 Å². The van der Waals surface area contributed by atoms with Crippen LogP contribution in [0.1, 0.15) is 51.6 Å². The number of esters is 1. The summed E-state index contributed by atoms with van der Waals surface area (Å²) >= 11 is 6.26. The number of benzene rings is 4. The van der Waals surface area contributed by atoms with E-state index in [9.17, 15) is 19.2 Å². The number of halogens is 1. The van der Waals surface area contributed by atoms with E-state index < -0.39 is 23.7 Å². The van der Waals surface area contributed by atoms with E-state index in [-0.39, 0.29) is 42.5 Å². The summed E-state index contributed by atoms with van der Waals surface area (Å²) in [6.45, 7) is 3.84. The number of rotatable bonds is 4. The molecule has 2 heterocycles. The van der Waals surface area contributed by atoms with Gasteiger partial charge in [-0.2, -0.15) is 0 Å². The van der Waals surface area contributed by atoms with E-state index in [1.54, 1.807) is 42.2 Å². The van der Waals surface area contributed by atoms with Gasteiger partial charge >= 0.3 is 5.97 Å². The SMILES string of the molecule is Cc1cc(OC(=O)[C@@H]2CC(=O)N(c3cccc(Cl)c3C)C2)ccc1N1C(=O)[C@H]2C3c4ccccc4C(c4ccccc43)[C@@H]2C1=O. The van der Waals surface area contributed by atoms with Crippen LogP contribution in [-0.4, -0.2) is 30.2 Å². The van der Waals surface area contributed by atoms with Gasteiger partial charge in [0.25, 0.3) is 0 Å². The molecule has 4 aromatic rings. The average molecular weight is 617 g/mol. The van der Waals surface area contributed by atoms with Crippen molar-refractivity contribution in [2.45, 2.75) is 32.1 Å². The van der Waals surface area contributed by atoms with Crippen molar-refractivity contribution in [3.05, 3.63) is 123 Å². The maximum atomic E-state index is 14.1. The Morgan fingerprint density at radius 3 is 1.89 bits per heavy atom. The Labute approximate surface area is 265 Å². The van der Waals surface area contributed by atoms with Crippen LogP contribution in [-0.2, 0) is 19.2 Å². The van der Waals surface area contributed by atoms with Gasteiger partial charge in [0.05, 0.1) is 23.4 Å². The number of hydrogen-bond donors (Lipinski definition) is 0. The van der Waals surface area contributed by atoms with E-state index in [0.717, 1.165) is 27.8 Å². The highest BCUT2D eigenvalue weighted by atomic mass is 35.5. The average Bonchev–Trinajstić information content (AvgIpc) is 3.55. The van der Waals surface area contributed by atoms with Crippen LogP contribution < -0.4 is 14.5 Å². The molecular weight excluding hydrogens is 588 g/mol. The molecule has 0 radical (unpaired) electrons. The number of aryl methyl sites for hydroxylation is 1. The number of hydrogen-bond acceptors (Lipinski definition) is 5. The Bertz CT molecular complexity index is 1850. The molecule has 0 spiro atoms. The molecule has 45 heavy (non-hydrogen) atoms. The number of imide groups is 1. The molecule has 0 saturated carbocycles. The summed E-state index contributed by atoms with van der Waals surface area (Å²) in [7, 11) is 0. The molecule has 7 nitrogen and oxygen atoms in total. The molecule has 2 aliphatic heterocycles. The third-order valence-corrected chi connectivity index (χ3v) is 10.5. The van der Waals surface area contributed by atoms with E-state index >= 15 is 0 Å². The summed E-state index contributed by atoms with van der Waals surface area (Å²) in [5.74, 6) is -2.73. The van der Waals surface area contributed by atoms with Crippen LogP contribution >= 0.6 is 11.6 Å². The van der Waals surface area contributed by atoms with Gasteiger partial charge in [0.1, 0.15) is 5.75 Å². The van der Waals surface area contributed by atoms with Crippen molar-refractivity contribution >= 4 is 46.7 Å². The number of amides is 3. The Kier molecular flexibility index (Phi) is 6.26. The van der Waals surface area contributed by atoms with Gasteiger partial charge in [-0.05, 0) is 77.6 Å². The second-order valence-electron chi connectivity index (χ2n) is 12.4. The number of carbonyl (C=O) groups is 4. The molecule has 2 bridgehead atoms. The predicted molar refractivity (Wildman–Crippen MR) is 170 cm³/mol. The van der Waals surface area contributed by atoms with Crippen LogP contribution in [0.3, 0.4) is 0 Å². The van der Waals surface area contributed by atoms with E-state index in [1.165, 1.54) is 4.90 Å². The molecule has 9 rings (SSSR count). The molecular formula is C37H29ClN2O5. The minimum atomic E-state index is -0.639. The standard InChI is InChI=1S/C37H29ClN2O5/c1-19-16-22(45-37(44)21-17-30(41)39(18-21)29-13-7-12-27(38)20(29)2)14-15-28(19)40-35(42)33-31-23-8-3-4-9-24(23)32(34(33)36(40)43)26-11-6-5-10-25(26)31/h3-16,21,31-34H,17-18H2,1-2H3/t21-,31?,32?,33+,34+/m1/s1. The first-order chi connectivity index (χ1) is 21.7. The van der Waals surface area contributed by atoms with Gasteiger partial charge in [0.2, 0.25) is 17.7 Å². The van der Waals surface area contributed by atoms with E-state index in [1.807, 2.05) is 37.3 Å². The van der Waals surface area contributed by atoms with Crippen molar-refractivity contribution in [3.63, 3.8) is 0 Å². The fourth-order valence-electron chi connectivity index (χ4n) is 8.04. The lowest BCUT2D eigenvalue weighted by atomic mass is 9.55. The Balaban J connectivity index is 1.04. The zero-order chi connectivity index (χ0) is 31.1.